The third-order valence-corrected chi connectivity index (χ3v) is 6.43. The van der Waals surface area contributed by atoms with Crippen molar-refractivity contribution in [2.45, 2.75) is 19.4 Å². The summed E-state index contributed by atoms with van der Waals surface area (Å²) in [7, 11) is 0. The Morgan fingerprint density at radius 3 is 2.61 bits per heavy atom. The maximum atomic E-state index is 12.9. The van der Waals surface area contributed by atoms with Crippen LogP contribution in [0.15, 0.2) is 63.5 Å². The zero-order chi connectivity index (χ0) is 24.0. The molecule has 0 aliphatic carbocycles. The SMILES string of the molecule is C[C@@H](CCOC(=O)CS)[C@@H](OC(=O)Nc1cccc2ccccc12)c1cc(Br)cc(Br)c1O. The summed E-state index contributed by atoms with van der Waals surface area (Å²) in [6.45, 7) is 2.00. The van der Waals surface area contributed by atoms with Gasteiger partial charge < -0.3 is 14.6 Å². The molecule has 0 saturated carbocycles. The first-order valence-corrected chi connectivity index (χ1v) is 12.4. The number of carbonyl (C=O) groups excluding carboxylic acids is 2. The molecule has 0 aromatic heterocycles. The van der Waals surface area contributed by atoms with Gasteiger partial charge in [-0.25, -0.2) is 4.79 Å². The number of halogens is 2. The monoisotopic (exact) mass is 595 g/mol. The number of amides is 1. The highest BCUT2D eigenvalue weighted by atomic mass is 79.9. The van der Waals surface area contributed by atoms with Crippen LogP contribution >= 0.6 is 44.5 Å². The maximum absolute atomic E-state index is 12.9. The normalized spacial score (nSPS) is 12.7. The van der Waals surface area contributed by atoms with Gasteiger partial charge >= 0.3 is 12.1 Å². The molecule has 0 fully saturated rings. The summed E-state index contributed by atoms with van der Waals surface area (Å²) in [6, 6.07) is 16.7. The number of ether oxygens (including phenoxy) is 2. The maximum Gasteiger partial charge on any atom is 0.412 e. The summed E-state index contributed by atoms with van der Waals surface area (Å²) in [6.07, 6.45) is -1.05. The molecule has 3 aromatic carbocycles. The van der Waals surface area contributed by atoms with Crippen LogP contribution < -0.4 is 5.32 Å². The number of rotatable bonds is 8. The fourth-order valence-corrected chi connectivity index (χ4v) is 4.78. The third kappa shape index (κ3) is 6.65. The molecular weight excluding hydrogens is 574 g/mol. The predicted molar refractivity (Wildman–Crippen MR) is 139 cm³/mol. The van der Waals surface area contributed by atoms with Gasteiger partial charge in [0.15, 0.2) is 0 Å². The molecule has 0 radical (unpaired) electrons. The average Bonchev–Trinajstić information content (AvgIpc) is 2.80. The number of nitrogens with one attached hydrogen (secondary N) is 1. The van der Waals surface area contributed by atoms with E-state index in [4.69, 9.17) is 9.47 Å². The molecule has 33 heavy (non-hydrogen) atoms. The van der Waals surface area contributed by atoms with E-state index in [-0.39, 0.29) is 24.0 Å². The van der Waals surface area contributed by atoms with Crippen molar-refractivity contribution in [1.82, 2.24) is 0 Å². The lowest BCUT2D eigenvalue weighted by Crippen LogP contribution is -2.23. The molecule has 9 heteroatoms. The van der Waals surface area contributed by atoms with Gasteiger partial charge in [-0.3, -0.25) is 10.1 Å². The van der Waals surface area contributed by atoms with Crippen molar-refractivity contribution in [3.8, 4) is 5.75 Å². The fourth-order valence-electron chi connectivity index (χ4n) is 3.43. The molecule has 2 N–H and O–H groups in total. The Balaban J connectivity index is 1.84. The molecule has 0 heterocycles. The lowest BCUT2D eigenvalue weighted by molar-refractivity contribution is -0.141. The van der Waals surface area contributed by atoms with Crippen LogP contribution in [-0.2, 0) is 14.3 Å². The van der Waals surface area contributed by atoms with Crippen molar-refractivity contribution in [2.24, 2.45) is 5.92 Å². The highest BCUT2D eigenvalue weighted by molar-refractivity contribution is 9.11. The van der Waals surface area contributed by atoms with Gasteiger partial charge in [-0.1, -0.05) is 59.3 Å². The van der Waals surface area contributed by atoms with E-state index in [0.717, 1.165) is 10.8 Å². The zero-order valence-electron chi connectivity index (χ0n) is 17.8. The molecule has 2 atom stereocenters. The number of phenolic OH excluding ortho intramolecular Hbond substituents is 1. The van der Waals surface area contributed by atoms with Crippen LogP contribution in [-0.4, -0.2) is 29.5 Å². The molecular formula is C24H23Br2NO5S. The van der Waals surface area contributed by atoms with Crippen LogP contribution in [0.5, 0.6) is 5.75 Å². The Kier molecular flexibility index (Phi) is 9.05. The minimum atomic E-state index is -0.802. The van der Waals surface area contributed by atoms with Crippen LogP contribution in [0.25, 0.3) is 10.8 Å². The minimum Gasteiger partial charge on any atom is -0.506 e. The Bertz CT molecular complexity index is 1150. The number of benzene rings is 3. The minimum absolute atomic E-state index is 0.0128. The van der Waals surface area contributed by atoms with Gasteiger partial charge in [0.05, 0.1) is 22.5 Å². The Morgan fingerprint density at radius 2 is 1.85 bits per heavy atom. The number of esters is 1. The van der Waals surface area contributed by atoms with Crippen molar-refractivity contribution in [1.29, 1.82) is 0 Å². The van der Waals surface area contributed by atoms with Gasteiger partial charge in [0.25, 0.3) is 0 Å². The summed E-state index contributed by atoms with van der Waals surface area (Å²) in [5.74, 6) is -0.741. The molecule has 174 valence electrons. The van der Waals surface area contributed by atoms with E-state index >= 15 is 0 Å². The second-order valence-corrected chi connectivity index (χ2v) is 9.53. The van der Waals surface area contributed by atoms with Gasteiger partial charge in [0.1, 0.15) is 11.9 Å². The van der Waals surface area contributed by atoms with E-state index < -0.39 is 18.2 Å². The molecule has 0 saturated heterocycles. The van der Waals surface area contributed by atoms with Crippen molar-refractivity contribution in [3.63, 3.8) is 0 Å². The first kappa shape index (κ1) is 25.4. The summed E-state index contributed by atoms with van der Waals surface area (Å²) in [5, 5.41) is 15.3. The number of hydrogen-bond donors (Lipinski definition) is 3. The van der Waals surface area contributed by atoms with Gasteiger partial charge in [0.2, 0.25) is 0 Å². The lowest BCUT2D eigenvalue weighted by atomic mass is 9.94. The first-order chi connectivity index (χ1) is 15.8. The fraction of sp³-hybridized carbons (Fsp3) is 0.250. The van der Waals surface area contributed by atoms with Crippen LogP contribution in [0.4, 0.5) is 10.5 Å². The van der Waals surface area contributed by atoms with E-state index in [9.17, 15) is 14.7 Å². The van der Waals surface area contributed by atoms with Gasteiger partial charge in [-0.2, -0.15) is 12.6 Å². The molecule has 0 aliphatic heterocycles. The average molecular weight is 597 g/mol. The van der Waals surface area contributed by atoms with Gasteiger partial charge in [-0.15, -0.1) is 0 Å². The van der Waals surface area contributed by atoms with Crippen LogP contribution in [0.2, 0.25) is 0 Å². The van der Waals surface area contributed by atoms with Crippen molar-refractivity contribution >= 4 is 73.0 Å². The third-order valence-electron chi connectivity index (χ3n) is 5.11. The highest BCUT2D eigenvalue weighted by Crippen LogP contribution is 2.40. The molecule has 3 aromatic rings. The summed E-state index contributed by atoms with van der Waals surface area (Å²) in [4.78, 5) is 24.3. The quantitative estimate of drug-likeness (QED) is 0.195. The molecule has 3 rings (SSSR count). The van der Waals surface area contributed by atoms with Crippen LogP contribution in [0, 0.1) is 5.92 Å². The smallest absolute Gasteiger partial charge is 0.412 e. The van der Waals surface area contributed by atoms with Crippen LogP contribution in [0.1, 0.15) is 25.0 Å². The number of anilines is 1. The van der Waals surface area contributed by atoms with E-state index in [1.807, 2.05) is 43.3 Å². The molecule has 0 bridgehead atoms. The van der Waals surface area contributed by atoms with Gasteiger partial charge in [-0.05, 0) is 45.9 Å². The molecule has 0 spiro atoms. The molecule has 0 aliphatic rings. The second-order valence-electron chi connectivity index (χ2n) is 7.45. The number of aromatic hydroxyl groups is 1. The van der Waals surface area contributed by atoms with Crippen molar-refractivity contribution < 1.29 is 24.2 Å². The lowest BCUT2D eigenvalue weighted by Gasteiger charge is -2.26. The summed E-state index contributed by atoms with van der Waals surface area (Å²) < 4.78 is 12.1. The van der Waals surface area contributed by atoms with Crippen molar-refractivity contribution in [3.05, 3.63) is 69.1 Å². The highest BCUT2D eigenvalue weighted by Gasteiger charge is 2.28. The Morgan fingerprint density at radius 1 is 1.12 bits per heavy atom. The van der Waals surface area contributed by atoms with E-state index in [1.54, 1.807) is 18.2 Å². The summed E-state index contributed by atoms with van der Waals surface area (Å²) in [5.41, 5.74) is 1.05. The standard InChI is InChI=1S/C24H23Br2NO5S/c1-14(9-10-31-21(28)13-33)23(18-11-16(25)12-19(26)22(18)29)32-24(30)27-20-8-4-6-15-5-2-3-7-17(15)20/h2-8,11-12,14,23,29,33H,9-10,13H2,1H3,(H,27,30)/t14-,23+/m0/s1. The Hall–Kier alpha value is -2.23. The second kappa shape index (κ2) is 11.8. The van der Waals surface area contributed by atoms with E-state index in [2.05, 4.69) is 49.8 Å². The number of phenols is 1. The number of carbonyl (C=O) groups is 2. The molecule has 0 unspecified atom stereocenters. The van der Waals surface area contributed by atoms with E-state index in [0.29, 0.717) is 26.6 Å². The van der Waals surface area contributed by atoms with E-state index in [1.165, 1.54) is 0 Å². The predicted octanol–water partition coefficient (Wildman–Crippen LogP) is 6.86. The molecule has 6 nitrogen and oxygen atoms in total. The van der Waals surface area contributed by atoms with Gasteiger partial charge in [0, 0.05) is 21.3 Å². The number of fused-ring (bicyclic) bond motifs is 1. The Labute approximate surface area is 214 Å². The number of thiol groups is 1. The topological polar surface area (TPSA) is 84.9 Å². The number of hydrogen-bond acceptors (Lipinski definition) is 6. The first-order valence-electron chi connectivity index (χ1n) is 10.2. The largest absolute Gasteiger partial charge is 0.506 e. The van der Waals surface area contributed by atoms with Crippen LogP contribution in [0.3, 0.4) is 0 Å². The van der Waals surface area contributed by atoms with Crippen molar-refractivity contribution in [2.75, 3.05) is 17.7 Å². The molecule has 1 amide bonds. The summed E-state index contributed by atoms with van der Waals surface area (Å²) >= 11 is 10.6. The zero-order valence-corrected chi connectivity index (χ0v) is 21.8.